The smallest absolute Gasteiger partial charge is 0.415 e. The third kappa shape index (κ3) is 5.95. The largest absolute Gasteiger partial charge is 0.418 e. The molecular weight excluding hydrogens is 254 g/mol. The molecule has 0 rings (SSSR count). The van der Waals surface area contributed by atoms with E-state index >= 15 is 0 Å². The molecule has 0 aromatic carbocycles. The van der Waals surface area contributed by atoms with Crippen molar-refractivity contribution < 1.29 is 14.6 Å². The molecule has 0 aliphatic carbocycles. The van der Waals surface area contributed by atoms with E-state index in [1.54, 1.807) is 11.0 Å². The molecule has 0 fully saturated rings. The van der Waals surface area contributed by atoms with E-state index in [4.69, 9.17) is 4.74 Å². The molecule has 1 amide bonds. The first-order valence-electron chi connectivity index (χ1n) is 7.32. The van der Waals surface area contributed by atoms with Crippen LogP contribution in [0.4, 0.5) is 4.79 Å². The van der Waals surface area contributed by atoms with Gasteiger partial charge in [-0.05, 0) is 39.2 Å². The Balaban J connectivity index is 4.54. The first kappa shape index (κ1) is 19.0. The monoisotopic (exact) mass is 285 g/mol. The van der Waals surface area contributed by atoms with Crippen molar-refractivity contribution in [2.75, 3.05) is 0 Å². The van der Waals surface area contributed by atoms with Crippen LogP contribution in [0.5, 0.6) is 0 Å². The van der Waals surface area contributed by atoms with Crippen LogP contribution in [0.15, 0.2) is 12.3 Å². The van der Waals surface area contributed by atoms with Gasteiger partial charge in [0.2, 0.25) is 0 Å². The molecule has 0 radical (unpaired) electrons. The molecule has 20 heavy (non-hydrogen) atoms. The number of aliphatic hydroxyl groups excluding tert-OH is 1. The second kappa shape index (κ2) is 7.67. The molecule has 4 heteroatoms. The van der Waals surface area contributed by atoms with E-state index < -0.39 is 6.10 Å². The Morgan fingerprint density at radius 3 is 1.90 bits per heavy atom. The fourth-order valence-electron chi connectivity index (χ4n) is 2.19. The van der Waals surface area contributed by atoms with Crippen LogP contribution in [0.3, 0.4) is 0 Å². The zero-order valence-electron chi connectivity index (χ0n) is 14.2. The van der Waals surface area contributed by atoms with Gasteiger partial charge in [0.05, 0.1) is 12.4 Å². The molecule has 0 saturated heterocycles. The zero-order chi connectivity index (χ0) is 16.1. The van der Waals surface area contributed by atoms with Crippen LogP contribution in [-0.2, 0) is 4.74 Å². The summed E-state index contributed by atoms with van der Waals surface area (Å²) >= 11 is 0. The van der Waals surface area contributed by atoms with Gasteiger partial charge in [-0.15, -0.1) is 0 Å². The summed E-state index contributed by atoms with van der Waals surface area (Å²) in [5.74, 6) is -0.0747. The minimum absolute atomic E-state index is 0.0747. The predicted octanol–water partition coefficient (Wildman–Crippen LogP) is 3.80. The second-order valence-electron chi connectivity index (χ2n) is 6.98. The number of ether oxygens (including phenoxy) is 1. The number of hydrogen-bond donors (Lipinski definition) is 1. The van der Waals surface area contributed by atoms with Gasteiger partial charge in [0, 0.05) is 18.0 Å². The third-order valence-electron chi connectivity index (χ3n) is 3.26. The van der Waals surface area contributed by atoms with Gasteiger partial charge in [-0.3, -0.25) is 0 Å². The van der Waals surface area contributed by atoms with Crippen molar-refractivity contribution in [1.29, 1.82) is 0 Å². The fourth-order valence-corrected chi connectivity index (χ4v) is 2.19. The van der Waals surface area contributed by atoms with Crippen LogP contribution in [0.1, 0.15) is 55.4 Å². The van der Waals surface area contributed by atoms with Gasteiger partial charge in [-0.25, -0.2) is 4.79 Å². The lowest BCUT2D eigenvalue weighted by Gasteiger charge is -2.30. The van der Waals surface area contributed by atoms with Crippen LogP contribution >= 0.6 is 0 Å². The van der Waals surface area contributed by atoms with Crippen molar-refractivity contribution in [3.8, 4) is 0 Å². The van der Waals surface area contributed by atoms with Crippen molar-refractivity contribution in [3.05, 3.63) is 12.3 Å². The van der Waals surface area contributed by atoms with Crippen molar-refractivity contribution in [1.82, 2.24) is 4.90 Å². The third-order valence-corrected chi connectivity index (χ3v) is 3.26. The quantitative estimate of drug-likeness (QED) is 0.782. The summed E-state index contributed by atoms with van der Waals surface area (Å²) in [6.07, 6.45) is 2.28. The number of hydrogen-bond acceptors (Lipinski definition) is 3. The molecule has 0 unspecified atom stereocenters. The first-order chi connectivity index (χ1) is 8.98. The van der Waals surface area contributed by atoms with E-state index in [1.807, 2.05) is 55.4 Å². The molecule has 0 aliphatic heterocycles. The Kier molecular flexibility index (Phi) is 7.28. The summed E-state index contributed by atoms with van der Waals surface area (Å²) < 4.78 is 5.16. The molecule has 1 N–H and O–H groups in total. The molecule has 0 aromatic heterocycles. The molecular formula is C16H31NO3. The summed E-state index contributed by atoms with van der Waals surface area (Å²) in [5, 5.41) is 10.1. The van der Waals surface area contributed by atoms with E-state index in [1.165, 1.54) is 6.26 Å². The summed E-state index contributed by atoms with van der Waals surface area (Å²) in [6, 6.07) is 0.182. The van der Waals surface area contributed by atoms with Crippen LogP contribution < -0.4 is 0 Å². The Morgan fingerprint density at radius 1 is 1.10 bits per heavy atom. The van der Waals surface area contributed by atoms with Crippen LogP contribution in [0.25, 0.3) is 0 Å². The molecule has 0 spiro atoms. The molecule has 0 aliphatic rings. The summed E-state index contributed by atoms with van der Waals surface area (Å²) in [4.78, 5) is 13.6. The normalized spacial score (nSPS) is 15.8. The Labute approximate surface area is 123 Å². The minimum atomic E-state index is -0.483. The minimum Gasteiger partial charge on any atom is -0.418 e. The molecule has 0 saturated carbocycles. The molecule has 118 valence electrons. The number of carbonyl (C=O) groups is 1. The average molecular weight is 285 g/mol. The summed E-state index contributed by atoms with van der Waals surface area (Å²) in [6.45, 7) is 15.7. The maximum absolute atomic E-state index is 12.0. The van der Waals surface area contributed by atoms with E-state index in [-0.39, 0.29) is 29.5 Å². The fraction of sp³-hybridized carbons (Fsp3) is 0.812. The topological polar surface area (TPSA) is 49.8 Å². The highest BCUT2D eigenvalue weighted by atomic mass is 16.5. The van der Waals surface area contributed by atoms with Crippen LogP contribution in [0, 0.1) is 11.3 Å². The average Bonchev–Trinajstić information content (AvgIpc) is 2.25. The van der Waals surface area contributed by atoms with Crippen molar-refractivity contribution >= 4 is 6.09 Å². The lowest BCUT2D eigenvalue weighted by Crippen LogP contribution is -2.41. The van der Waals surface area contributed by atoms with Crippen molar-refractivity contribution in [3.63, 3.8) is 0 Å². The van der Waals surface area contributed by atoms with Gasteiger partial charge < -0.3 is 14.7 Å². The molecule has 0 bridgehead atoms. The van der Waals surface area contributed by atoms with Crippen LogP contribution in [0.2, 0.25) is 0 Å². The van der Waals surface area contributed by atoms with Crippen molar-refractivity contribution in [2.24, 2.45) is 11.3 Å². The van der Waals surface area contributed by atoms with E-state index in [9.17, 15) is 9.90 Å². The SMILES string of the molecule is CC(C)N(C(=O)O/C=C/[C@@H](C)[C@@H](O)C(C)(C)C)C(C)C. The Morgan fingerprint density at radius 2 is 1.55 bits per heavy atom. The first-order valence-corrected chi connectivity index (χ1v) is 7.32. The maximum Gasteiger partial charge on any atom is 0.415 e. The summed E-state index contributed by atoms with van der Waals surface area (Å²) in [5.41, 5.74) is -0.199. The highest BCUT2D eigenvalue weighted by Gasteiger charge is 2.26. The lowest BCUT2D eigenvalue weighted by molar-refractivity contribution is 0.0328. The zero-order valence-corrected chi connectivity index (χ0v) is 14.2. The Hall–Kier alpha value is -1.03. The number of rotatable bonds is 5. The number of nitrogens with zero attached hydrogens (tertiary/aromatic N) is 1. The Bertz CT molecular complexity index is 321. The molecule has 2 atom stereocenters. The standard InChI is InChI=1S/C16H31NO3/c1-11(2)17(12(3)4)15(19)20-10-9-13(5)14(18)16(6,7)8/h9-14,18H,1-8H3/b10-9+/t13-,14-/m1/s1. The number of amides is 1. The second-order valence-corrected chi connectivity index (χ2v) is 6.98. The van der Waals surface area contributed by atoms with Gasteiger partial charge in [0.1, 0.15) is 0 Å². The van der Waals surface area contributed by atoms with Gasteiger partial charge in [-0.1, -0.05) is 27.7 Å². The van der Waals surface area contributed by atoms with Crippen LogP contribution in [-0.4, -0.2) is 34.3 Å². The van der Waals surface area contributed by atoms with E-state index in [2.05, 4.69) is 0 Å². The van der Waals surface area contributed by atoms with Crippen molar-refractivity contribution in [2.45, 2.75) is 73.6 Å². The highest BCUT2D eigenvalue weighted by molar-refractivity contribution is 5.68. The number of carbonyl (C=O) groups excluding carboxylic acids is 1. The predicted molar refractivity (Wildman–Crippen MR) is 82.4 cm³/mol. The number of aliphatic hydroxyl groups is 1. The summed E-state index contributed by atoms with van der Waals surface area (Å²) in [7, 11) is 0. The highest BCUT2D eigenvalue weighted by Crippen LogP contribution is 2.25. The van der Waals surface area contributed by atoms with E-state index in [0.29, 0.717) is 0 Å². The molecule has 4 nitrogen and oxygen atoms in total. The van der Waals surface area contributed by atoms with Gasteiger partial charge in [-0.2, -0.15) is 0 Å². The van der Waals surface area contributed by atoms with Gasteiger partial charge in [0.25, 0.3) is 0 Å². The van der Waals surface area contributed by atoms with E-state index in [0.717, 1.165) is 0 Å². The maximum atomic E-state index is 12.0. The van der Waals surface area contributed by atoms with Gasteiger partial charge >= 0.3 is 6.09 Å². The lowest BCUT2D eigenvalue weighted by atomic mass is 9.82. The molecule has 0 aromatic rings. The van der Waals surface area contributed by atoms with Gasteiger partial charge in [0.15, 0.2) is 0 Å². The molecule has 0 heterocycles.